The van der Waals surface area contributed by atoms with E-state index in [2.05, 4.69) is 4.98 Å². The molecule has 7 heteroatoms. The fourth-order valence-electron chi connectivity index (χ4n) is 0.896. The van der Waals surface area contributed by atoms with E-state index in [0.717, 1.165) is 6.20 Å². The molecule has 0 aliphatic rings. The molecule has 0 atom stereocenters. The van der Waals surface area contributed by atoms with E-state index in [1.54, 1.807) is 22.6 Å². The van der Waals surface area contributed by atoms with Gasteiger partial charge >= 0.3 is 5.97 Å². The Morgan fingerprint density at radius 3 is 2.57 bits per heavy atom. The Labute approximate surface area is 96.2 Å². The molecule has 1 N–H and O–H groups in total. The molecule has 0 unspecified atom stereocenters. The van der Waals surface area contributed by atoms with Gasteiger partial charge in [-0.25, -0.2) is 18.6 Å². The Bertz CT molecular complexity index is 386. The monoisotopic (exact) mass is 333 g/mol. The molecule has 0 aliphatic heterocycles. The molecule has 0 amide bonds. The van der Waals surface area contributed by atoms with Crippen LogP contribution in [0.25, 0.3) is 0 Å². The second kappa shape index (κ2) is 4.35. The van der Waals surface area contributed by atoms with Gasteiger partial charge in [0, 0.05) is 9.77 Å². The molecule has 0 spiro atoms. The first-order valence-electron chi connectivity index (χ1n) is 3.30. The van der Waals surface area contributed by atoms with E-state index in [-0.39, 0.29) is 3.57 Å². The molecule has 0 radical (unpaired) electrons. The van der Waals surface area contributed by atoms with Crippen LogP contribution < -0.4 is 0 Å². The van der Waals surface area contributed by atoms with Crippen LogP contribution in [-0.2, 0) is 0 Å². The van der Waals surface area contributed by atoms with Gasteiger partial charge in [0.05, 0.1) is 11.1 Å². The molecule has 1 rings (SSSR count). The second-order valence-electron chi connectivity index (χ2n) is 2.29. The normalized spacial score (nSPS) is 10.6. The average Bonchev–Trinajstić information content (AvgIpc) is 2.07. The molecule has 0 fully saturated rings. The summed E-state index contributed by atoms with van der Waals surface area (Å²) in [6.07, 6.45) is -1.81. The van der Waals surface area contributed by atoms with Crippen LogP contribution in [0, 0.1) is 3.57 Å². The molecule has 1 aromatic rings. The first kappa shape index (κ1) is 11.6. The minimum atomic E-state index is -2.95. The van der Waals surface area contributed by atoms with E-state index in [1.807, 2.05) is 0 Å². The van der Waals surface area contributed by atoms with Crippen LogP contribution in [0.5, 0.6) is 0 Å². The van der Waals surface area contributed by atoms with Crippen LogP contribution in [0.3, 0.4) is 0 Å². The summed E-state index contributed by atoms with van der Waals surface area (Å²) in [5.41, 5.74) is -1.22. The second-order valence-corrected chi connectivity index (χ2v) is 3.81. The number of carbonyl (C=O) groups is 1. The summed E-state index contributed by atoms with van der Waals surface area (Å²) in [6.45, 7) is 0. The highest BCUT2D eigenvalue weighted by atomic mass is 127. The summed E-state index contributed by atoms with van der Waals surface area (Å²) in [5.74, 6) is -1.44. The van der Waals surface area contributed by atoms with Gasteiger partial charge in [0.15, 0.2) is 0 Å². The predicted molar refractivity (Wildman–Crippen MR) is 53.9 cm³/mol. The fraction of sp³-hybridized carbons (Fsp3) is 0.143. The number of alkyl halides is 2. The van der Waals surface area contributed by atoms with Gasteiger partial charge in [-0.05, 0) is 22.6 Å². The number of pyridine rings is 1. The molecule has 14 heavy (non-hydrogen) atoms. The number of rotatable bonds is 2. The van der Waals surface area contributed by atoms with Crippen molar-refractivity contribution >= 4 is 40.2 Å². The van der Waals surface area contributed by atoms with Gasteiger partial charge in [-0.3, -0.25) is 0 Å². The van der Waals surface area contributed by atoms with Crippen molar-refractivity contribution in [3.05, 3.63) is 26.0 Å². The first-order valence-corrected chi connectivity index (χ1v) is 4.76. The lowest BCUT2D eigenvalue weighted by molar-refractivity contribution is 0.0683. The molecule has 76 valence electrons. The smallest absolute Gasteiger partial charge is 0.337 e. The van der Waals surface area contributed by atoms with Crippen molar-refractivity contribution in [1.29, 1.82) is 0 Å². The predicted octanol–water partition coefficient (Wildman–Crippen LogP) is 2.98. The molecule has 0 saturated carbocycles. The number of carboxylic acids is 1. The maximum absolute atomic E-state index is 12.4. The minimum Gasteiger partial charge on any atom is -0.478 e. The zero-order valence-electron chi connectivity index (χ0n) is 6.47. The zero-order valence-corrected chi connectivity index (χ0v) is 9.38. The Kier molecular flexibility index (Phi) is 3.59. The maximum Gasteiger partial charge on any atom is 0.337 e. The van der Waals surface area contributed by atoms with E-state index in [1.165, 1.54) is 0 Å². The summed E-state index contributed by atoms with van der Waals surface area (Å²) >= 11 is 7.00. The van der Waals surface area contributed by atoms with Crippen molar-refractivity contribution in [1.82, 2.24) is 4.98 Å². The Morgan fingerprint density at radius 1 is 1.64 bits per heavy atom. The van der Waals surface area contributed by atoms with Crippen molar-refractivity contribution in [2.24, 2.45) is 0 Å². The number of hydrogen-bond acceptors (Lipinski definition) is 2. The summed E-state index contributed by atoms with van der Waals surface area (Å²) in [5, 5.41) is 8.22. The third kappa shape index (κ3) is 2.11. The van der Waals surface area contributed by atoms with E-state index in [9.17, 15) is 13.6 Å². The van der Waals surface area contributed by atoms with Crippen molar-refractivity contribution in [3.8, 4) is 0 Å². The summed E-state index contributed by atoms with van der Waals surface area (Å²) < 4.78 is 25.0. The summed E-state index contributed by atoms with van der Waals surface area (Å²) in [4.78, 5) is 14.1. The number of aromatic nitrogens is 1. The van der Waals surface area contributed by atoms with Crippen LogP contribution in [0.1, 0.15) is 22.3 Å². The number of aromatic carboxylic acids is 1. The maximum atomic E-state index is 12.4. The van der Waals surface area contributed by atoms with Gasteiger partial charge in [-0.2, -0.15) is 0 Å². The van der Waals surface area contributed by atoms with Crippen LogP contribution in [0.15, 0.2) is 6.20 Å². The highest BCUT2D eigenvalue weighted by molar-refractivity contribution is 14.1. The number of hydrogen-bond donors (Lipinski definition) is 1. The number of nitrogens with zero attached hydrogens (tertiary/aromatic N) is 1. The number of carboxylic acid groups (broad SMARTS) is 1. The first-order chi connectivity index (χ1) is 6.45. The van der Waals surface area contributed by atoms with Gasteiger partial charge < -0.3 is 5.11 Å². The highest BCUT2D eigenvalue weighted by Crippen LogP contribution is 2.31. The molecule has 3 nitrogen and oxygen atoms in total. The van der Waals surface area contributed by atoms with Gasteiger partial charge in [0.2, 0.25) is 0 Å². The van der Waals surface area contributed by atoms with E-state index in [4.69, 9.17) is 16.7 Å². The van der Waals surface area contributed by atoms with Crippen molar-refractivity contribution in [3.63, 3.8) is 0 Å². The van der Waals surface area contributed by atoms with Gasteiger partial charge in [0.25, 0.3) is 6.43 Å². The molecule has 1 aromatic heterocycles. The molecule has 0 saturated heterocycles. The SMILES string of the molecule is O=C(O)c1c(I)cnc(Cl)c1C(F)F. The molecule has 0 bridgehead atoms. The Hall–Kier alpha value is -0.500. The van der Waals surface area contributed by atoms with Gasteiger partial charge in [-0.1, -0.05) is 11.6 Å². The quantitative estimate of drug-likeness (QED) is 0.669. The third-order valence-corrected chi connectivity index (χ3v) is 2.57. The fourth-order valence-corrected chi connectivity index (χ4v) is 1.78. The van der Waals surface area contributed by atoms with Gasteiger partial charge in [0.1, 0.15) is 5.15 Å². The standard InChI is InChI=1S/C7H3ClF2INO2/c8-5-4(6(9)10)3(7(13)14)2(11)1-12-5/h1,6H,(H,13,14). The largest absolute Gasteiger partial charge is 0.478 e. The molecular weight excluding hydrogens is 330 g/mol. The lowest BCUT2D eigenvalue weighted by Gasteiger charge is -2.07. The summed E-state index contributed by atoms with van der Waals surface area (Å²) in [6, 6.07) is 0. The average molecular weight is 333 g/mol. The molecule has 1 heterocycles. The zero-order chi connectivity index (χ0) is 10.9. The van der Waals surface area contributed by atoms with Crippen molar-refractivity contribution in [2.75, 3.05) is 0 Å². The third-order valence-electron chi connectivity index (χ3n) is 1.45. The van der Waals surface area contributed by atoms with E-state index >= 15 is 0 Å². The van der Waals surface area contributed by atoms with Crippen molar-refractivity contribution in [2.45, 2.75) is 6.43 Å². The van der Waals surface area contributed by atoms with Crippen LogP contribution >= 0.6 is 34.2 Å². The van der Waals surface area contributed by atoms with Crippen LogP contribution in [0.2, 0.25) is 5.15 Å². The Morgan fingerprint density at radius 2 is 2.21 bits per heavy atom. The van der Waals surface area contributed by atoms with Gasteiger partial charge in [-0.15, -0.1) is 0 Å². The van der Waals surface area contributed by atoms with Crippen LogP contribution in [0.4, 0.5) is 8.78 Å². The van der Waals surface area contributed by atoms with Crippen molar-refractivity contribution < 1.29 is 18.7 Å². The topological polar surface area (TPSA) is 50.2 Å². The van der Waals surface area contributed by atoms with E-state index < -0.39 is 28.7 Å². The number of halogens is 4. The summed E-state index contributed by atoms with van der Waals surface area (Å²) in [7, 11) is 0. The molecule has 0 aromatic carbocycles. The lowest BCUT2D eigenvalue weighted by Crippen LogP contribution is -2.07. The lowest BCUT2D eigenvalue weighted by atomic mass is 10.1. The Balaban J connectivity index is 3.50. The highest BCUT2D eigenvalue weighted by Gasteiger charge is 2.24. The van der Waals surface area contributed by atoms with Crippen LogP contribution in [-0.4, -0.2) is 16.1 Å². The minimum absolute atomic E-state index is 0.134. The molecule has 0 aliphatic carbocycles. The van der Waals surface area contributed by atoms with E-state index in [0.29, 0.717) is 0 Å². The molecular formula is C7H3ClF2INO2.